The normalized spacial score (nSPS) is 11.4. The van der Waals surface area contributed by atoms with Gasteiger partial charge in [-0.1, -0.05) is 0 Å². The highest BCUT2D eigenvalue weighted by Gasteiger charge is 2.16. The lowest BCUT2D eigenvalue weighted by atomic mass is 10.3. The minimum absolute atomic E-state index is 0.0853. The van der Waals surface area contributed by atoms with Crippen molar-refractivity contribution in [3.8, 4) is 5.75 Å². The summed E-state index contributed by atoms with van der Waals surface area (Å²) in [5.74, 6) is 0.854. The standard InChI is InChI=1S/C11H14N4O3S/c1-18-10-6-8(2-3-9(10)12)19(16,17)15-7-11-13-4-5-14-11/h2-6,15H,7,12H2,1H3,(H,13,14). The Bertz CT molecular complexity index is 653. The largest absolute Gasteiger partial charge is 0.495 e. The summed E-state index contributed by atoms with van der Waals surface area (Å²) in [6.45, 7) is 0.0853. The van der Waals surface area contributed by atoms with Gasteiger partial charge in [0.15, 0.2) is 0 Å². The van der Waals surface area contributed by atoms with E-state index in [-0.39, 0.29) is 11.4 Å². The molecular formula is C11H14N4O3S. The first-order valence-corrected chi connectivity index (χ1v) is 6.92. The molecule has 0 radical (unpaired) electrons. The summed E-state index contributed by atoms with van der Waals surface area (Å²) >= 11 is 0. The first-order chi connectivity index (χ1) is 9.03. The number of nitrogens with zero attached hydrogens (tertiary/aromatic N) is 1. The summed E-state index contributed by atoms with van der Waals surface area (Å²) < 4.78 is 31.5. The number of nitrogens with one attached hydrogen (secondary N) is 2. The Morgan fingerprint density at radius 1 is 1.47 bits per heavy atom. The van der Waals surface area contributed by atoms with Crippen LogP contribution in [0.15, 0.2) is 35.5 Å². The number of nitrogen functional groups attached to an aromatic ring is 1. The Hall–Kier alpha value is -2.06. The summed E-state index contributed by atoms with van der Waals surface area (Å²) in [5.41, 5.74) is 6.02. The molecule has 0 aliphatic heterocycles. The van der Waals surface area contributed by atoms with Gasteiger partial charge in [0.25, 0.3) is 0 Å². The molecule has 2 aromatic rings. The van der Waals surface area contributed by atoms with E-state index in [2.05, 4.69) is 14.7 Å². The van der Waals surface area contributed by atoms with Crippen molar-refractivity contribution in [1.82, 2.24) is 14.7 Å². The van der Waals surface area contributed by atoms with Crippen molar-refractivity contribution in [2.24, 2.45) is 0 Å². The van der Waals surface area contributed by atoms with Gasteiger partial charge in [-0.2, -0.15) is 0 Å². The highest BCUT2D eigenvalue weighted by Crippen LogP contribution is 2.24. The van der Waals surface area contributed by atoms with Crippen LogP contribution in [0, 0.1) is 0 Å². The van der Waals surface area contributed by atoms with E-state index in [4.69, 9.17) is 10.5 Å². The topological polar surface area (TPSA) is 110 Å². The Morgan fingerprint density at radius 2 is 2.26 bits per heavy atom. The average Bonchev–Trinajstić information content (AvgIpc) is 2.90. The molecule has 7 nitrogen and oxygen atoms in total. The lowest BCUT2D eigenvalue weighted by Gasteiger charge is -2.09. The number of hydrogen-bond acceptors (Lipinski definition) is 5. The zero-order valence-electron chi connectivity index (χ0n) is 10.3. The molecule has 0 aliphatic carbocycles. The van der Waals surface area contributed by atoms with Gasteiger partial charge in [-0.3, -0.25) is 0 Å². The Balaban J connectivity index is 2.19. The van der Waals surface area contributed by atoms with Gasteiger partial charge in [0.05, 0.1) is 24.2 Å². The predicted octanol–water partition coefficient (Wildman–Crippen LogP) is 0.479. The van der Waals surface area contributed by atoms with E-state index >= 15 is 0 Å². The van der Waals surface area contributed by atoms with Crippen LogP contribution in [0.2, 0.25) is 0 Å². The third-order valence-corrected chi connectivity index (χ3v) is 3.90. The van der Waals surface area contributed by atoms with Crippen LogP contribution in [-0.4, -0.2) is 25.5 Å². The fourth-order valence-electron chi connectivity index (χ4n) is 1.50. The second-order valence-corrected chi connectivity index (χ2v) is 5.53. The minimum Gasteiger partial charge on any atom is -0.495 e. The molecule has 4 N–H and O–H groups in total. The van der Waals surface area contributed by atoms with Gasteiger partial charge in [-0.05, 0) is 12.1 Å². The number of benzene rings is 1. The van der Waals surface area contributed by atoms with Gasteiger partial charge in [0, 0.05) is 18.5 Å². The smallest absolute Gasteiger partial charge is 0.241 e. The number of H-pyrrole nitrogens is 1. The molecule has 0 atom stereocenters. The lowest BCUT2D eigenvalue weighted by Crippen LogP contribution is -2.23. The van der Waals surface area contributed by atoms with Crippen molar-refractivity contribution < 1.29 is 13.2 Å². The number of anilines is 1. The van der Waals surface area contributed by atoms with Gasteiger partial charge in [-0.25, -0.2) is 18.1 Å². The molecule has 0 spiro atoms. The molecule has 0 saturated carbocycles. The highest BCUT2D eigenvalue weighted by molar-refractivity contribution is 7.89. The molecular weight excluding hydrogens is 268 g/mol. The summed E-state index contributed by atoms with van der Waals surface area (Å²) in [6, 6.07) is 4.28. The molecule has 0 aliphatic rings. The van der Waals surface area contributed by atoms with E-state index in [9.17, 15) is 8.42 Å². The highest BCUT2D eigenvalue weighted by atomic mass is 32.2. The van der Waals surface area contributed by atoms with Crippen LogP contribution >= 0.6 is 0 Å². The van der Waals surface area contributed by atoms with Crippen LogP contribution in [0.3, 0.4) is 0 Å². The third-order valence-electron chi connectivity index (χ3n) is 2.50. The molecule has 102 valence electrons. The average molecular weight is 282 g/mol. The summed E-state index contributed by atoms with van der Waals surface area (Å²) in [7, 11) is -2.20. The SMILES string of the molecule is COc1cc(S(=O)(=O)NCc2ncc[nH]2)ccc1N. The molecule has 19 heavy (non-hydrogen) atoms. The zero-order chi connectivity index (χ0) is 13.9. The van der Waals surface area contributed by atoms with Crippen LogP contribution in [0.25, 0.3) is 0 Å². The van der Waals surface area contributed by atoms with Gasteiger partial charge in [0.2, 0.25) is 10.0 Å². The predicted molar refractivity (Wildman–Crippen MR) is 70.0 cm³/mol. The minimum atomic E-state index is -3.63. The fraction of sp³-hybridized carbons (Fsp3) is 0.182. The van der Waals surface area contributed by atoms with Gasteiger partial charge < -0.3 is 15.5 Å². The molecule has 2 rings (SSSR count). The molecule has 8 heteroatoms. The van der Waals surface area contributed by atoms with Gasteiger partial charge >= 0.3 is 0 Å². The molecule has 0 amide bonds. The van der Waals surface area contributed by atoms with Gasteiger partial charge in [0.1, 0.15) is 11.6 Å². The molecule has 0 fully saturated rings. The molecule has 0 unspecified atom stereocenters. The Kier molecular flexibility index (Phi) is 3.72. The maximum Gasteiger partial charge on any atom is 0.241 e. The number of methoxy groups -OCH3 is 1. The maximum absolute atomic E-state index is 12.1. The maximum atomic E-state index is 12.1. The molecule has 0 saturated heterocycles. The van der Waals surface area contributed by atoms with Crippen molar-refractivity contribution in [3.05, 3.63) is 36.4 Å². The molecule has 1 heterocycles. The van der Waals surface area contributed by atoms with Crippen molar-refractivity contribution in [2.75, 3.05) is 12.8 Å². The Labute approximate surface area is 110 Å². The monoisotopic (exact) mass is 282 g/mol. The van der Waals surface area contributed by atoms with E-state index in [1.807, 2.05) is 0 Å². The van der Waals surface area contributed by atoms with Crippen molar-refractivity contribution in [2.45, 2.75) is 11.4 Å². The number of rotatable bonds is 5. The second kappa shape index (κ2) is 5.29. The number of nitrogens with two attached hydrogens (primary N) is 1. The van der Waals surface area contributed by atoms with E-state index in [1.54, 1.807) is 12.4 Å². The van der Waals surface area contributed by atoms with Crippen molar-refractivity contribution in [1.29, 1.82) is 0 Å². The number of hydrogen-bond donors (Lipinski definition) is 3. The summed E-state index contributed by atoms with van der Waals surface area (Å²) in [4.78, 5) is 6.83. The van der Waals surface area contributed by atoms with Crippen molar-refractivity contribution in [3.63, 3.8) is 0 Å². The van der Waals surface area contributed by atoms with Crippen LogP contribution in [-0.2, 0) is 16.6 Å². The first-order valence-electron chi connectivity index (χ1n) is 5.44. The first kappa shape index (κ1) is 13.4. The number of sulfonamides is 1. The van der Waals surface area contributed by atoms with E-state index in [1.165, 1.54) is 25.3 Å². The lowest BCUT2D eigenvalue weighted by molar-refractivity contribution is 0.415. The third kappa shape index (κ3) is 3.04. The van der Waals surface area contributed by atoms with Crippen LogP contribution in [0.1, 0.15) is 5.82 Å². The van der Waals surface area contributed by atoms with E-state index in [0.717, 1.165) is 0 Å². The van der Waals surface area contributed by atoms with Crippen LogP contribution in [0.5, 0.6) is 5.75 Å². The number of ether oxygens (including phenoxy) is 1. The molecule has 0 bridgehead atoms. The van der Waals surface area contributed by atoms with Gasteiger partial charge in [-0.15, -0.1) is 0 Å². The Morgan fingerprint density at radius 3 is 2.89 bits per heavy atom. The summed E-state index contributed by atoms with van der Waals surface area (Å²) in [6.07, 6.45) is 3.17. The number of aromatic amines is 1. The number of aromatic nitrogens is 2. The zero-order valence-corrected chi connectivity index (χ0v) is 11.1. The van der Waals surface area contributed by atoms with Crippen molar-refractivity contribution >= 4 is 15.7 Å². The fourth-order valence-corrected chi connectivity index (χ4v) is 2.50. The summed E-state index contributed by atoms with van der Waals surface area (Å²) in [5, 5.41) is 0. The van der Waals surface area contributed by atoms with Crippen LogP contribution in [0.4, 0.5) is 5.69 Å². The van der Waals surface area contributed by atoms with E-state index in [0.29, 0.717) is 17.3 Å². The van der Waals surface area contributed by atoms with E-state index < -0.39 is 10.0 Å². The molecule has 1 aromatic carbocycles. The van der Waals surface area contributed by atoms with Crippen LogP contribution < -0.4 is 15.2 Å². The number of imidazole rings is 1. The quantitative estimate of drug-likeness (QED) is 0.691. The second-order valence-electron chi connectivity index (χ2n) is 3.76. The molecule has 1 aromatic heterocycles.